The highest BCUT2D eigenvalue weighted by molar-refractivity contribution is 7.98. The van der Waals surface area contributed by atoms with Gasteiger partial charge in [0.1, 0.15) is 6.04 Å². The molecule has 2 rings (SSSR count). The summed E-state index contributed by atoms with van der Waals surface area (Å²) in [7, 11) is 0. The number of hydrogen-bond acceptors (Lipinski definition) is 8. The molecule has 5 N–H and O–H groups in total. The molecule has 1 aliphatic rings. The number of amides is 1. The molecule has 0 spiro atoms. The number of aliphatic carboxylic acids is 1. The lowest BCUT2D eigenvalue weighted by Crippen LogP contribution is -2.56. The number of benzene rings is 1. The van der Waals surface area contributed by atoms with Gasteiger partial charge in [-0.2, -0.15) is 17.0 Å². The molecule has 32 heavy (non-hydrogen) atoms. The SMILES string of the molecule is CSCC[C@H](NC(=O)CN(Cc1ccccc1C#N)C(C(=O)CN)[C@@H]1CCCN1)C(=O)O. The minimum absolute atomic E-state index is 0.167. The van der Waals surface area contributed by atoms with Crippen LogP contribution in [0.15, 0.2) is 24.3 Å². The van der Waals surface area contributed by atoms with Crippen LogP contribution in [0, 0.1) is 11.3 Å². The van der Waals surface area contributed by atoms with E-state index < -0.39 is 24.0 Å². The largest absolute Gasteiger partial charge is 0.480 e. The second kappa shape index (κ2) is 13.2. The Morgan fingerprint density at radius 2 is 2.16 bits per heavy atom. The van der Waals surface area contributed by atoms with E-state index in [4.69, 9.17) is 5.73 Å². The molecule has 0 aromatic heterocycles. The van der Waals surface area contributed by atoms with Crippen LogP contribution >= 0.6 is 11.8 Å². The maximum Gasteiger partial charge on any atom is 0.326 e. The van der Waals surface area contributed by atoms with Gasteiger partial charge in [-0.05, 0) is 49.4 Å². The van der Waals surface area contributed by atoms with Gasteiger partial charge in [0.15, 0.2) is 5.78 Å². The van der Waals surface area contributed by atoms with Crippen LogP contribution in [0.1, 0.15) is 30.4 Å². The molecule has 0 saturated carbocycles. The van der Waals surface area contributed by atoms with Crippen LogP contribution in [0.4, 0.5) is 0 Å². The number of carbonyl (C=O) groups is 3. The van der Waals surface area contributed by atoms with Gasteiger partial charge in [0.05, 0.1) is 30.8 Å². The van der Waals surface area contributed by atoms with E-state index in [0.29, 0.717) is 23.3 Å². The van der Waals surface area contributed by atoms with Crippen molar-refractivity contribution in [3.63, 3.8) is 0 Å². The standard InChI is InChI=1S/C22H31N5O4S/c1-32-10-8-18(22(30)31)26-20(29)14-27(13-16-6-3-2-5-15(16)11-23)21(19(28)12-24)17-7-4-9-25-17/h2-3,5-6,17-18,21,25H,4,7-10,12-14,24H2,1H3,(H,26,29)(H,30,31)/t17-,18-,21?/m0/s1. The van der Waals surface area contributed by atoms with Crippen molar-refractivity contribution in [2.24, 2.45) is 5.73 Å². The van der Waals surface area contributed by atoms with Crippen LogP contribution < -0.4 is 16.4 Å². The summed E-state index contributed by atoms with van der Waals surface area (Å²) in [6.07, 6.45) is 3.84. The summed E-state index contributed by atoms with van der Waals surface area (Å²) < 4.78 is 0. The fourth-order valence-corrected chi connectivity index (χ4v) is 4.41. The number of thioether (sulfide) groups is 1. The number of ketones is 1. The average Bonchev–Trinajstić information content (AvgIpc) is 3.30. The second-order valence-corrected chi connectivity index (χ2v) is 8.72. The van der Waals surface area contributed by atoms with Gasteiger partial charge in [-0.3, -0.25) is 14.5 Å². The van der Waals surface area contributed by atoms with Gasteiger partial charge in [0.2, 0.25) is 5.91 Å². The summed E-state index contributed by atoms with van der Waals surface area (Å²) in [4.78, 5) is 38.9. The molecule has 1 aromatic carbocycles. The van der Waals surface area contributed by atoms with Gasteiger partial charge in [-0.25, -0.2) is 4.79 Å². The molecule has 10 heteroatoms. The smallest absolute Gasteiger partial charge is 0.326 e. The number of nitriles is 1. The van der Waals surface area contributed by atoms with Crippen LogP contribution in [0.25, 0.3) is 0 Å². The molecule has 1 aliphatic heterocycles. The van der Waals surface area contributed by atoms with Crippen molar-refractivity contribution in [1.29, 1.82) is 5.26 Å². The third kappa shape index (κ3) is 7.31. The number of carboxylic acids is 1. The Bertz CT molecular complexity index is 838. The molecule has 1 saturated heterocycles. The lowest BCUT2D eigenvalue weighted by molar-refractivity contribution is -0.142. The summed E-state index contributed by atoms with van der Waals surface area (Å²) in [5.41, 5.74) is 6.84. The molecule has 0 bridgehead atoms. The molecule has 0 aliphatic carbocycles. The van der Waals surface area contributed by atoms with Crippen molar-refractivity contribution < 1.29 is 19.5 Å². The molecule has 1 amide bonds. The van der Waals surface area contributed by atoms with Crippen LogP contribution in [-0.2, 0) is 20.9 Å². The number of nitrogens with one attached hydrogen (secondary N) is 2. The van der Waals surface area contributed by atoms with Gasteiger partial charge in [-0.15, -0.1) is 0 Å². The number of nitrogens with two attached hydrogens (primary N) is 1. The Balaban J connectivity index is 2.29. The van der Waals surface area contributed by atoms with Gasteiger partial charge in [0, 0.05) is 12.6 Å². The minimum Gasteiger partial charge on any atom is -0.480 e. The van der Waals surface area contributed by atoms with Gasteiger partial charge < -0.3 is 21.5 Å². The van der Waals surface area contributed by atoms with E-state index in [2.05, 4.69) is 16.7 Å². The predicted octanol–water partition coefficient (Wildman–Crippen LogP) is 0.331. The monoisotopic (exact) mass is 461 g/mol. The zero-order chi connectivity index (χ0) is 23.5. The van der Waals surface area contributed by atoms with E-state index in [0.717, 1.165) is 19.4 Å². The number of rotatable bonds is 13. The van der Waals surface area contributed by atoms with Crippen molar-refractivity contribution in [1.82, 2.24) is 15.5 Å². The highest BCUT2D eigenvalue weighted by Crippen LogP contribution is 2.20. The van der Waals surface area contributed by atoms with E-state index >= 15 is 0 Å². The van der Waals surface area contributed by atoms with E-state index in [1.807, 2.05) is 6.26 Å². The Hall–Kier alpha value is -2.45. The number of nitrogens with zero attached hydrogens (tertiary/aromatic N) is 2. The summed E-state index contributed by atoms with van der Waals surface area (Å²) in [5.74, 6) is -1.19. The number of hydrogen-bond donors (Lipinski definition) is 4. The Morgan fingerprint density at radius 3 is 2.75 bits per heavy atom. The Labute approximate surface area is 192 Å². The molecule has 174 valence electrons. The molecule has 1 aromatic rings. The fourth-order valence-electron chi connectivity index (χ4n) is 3.94. The second-order valence-electron chi connectivity index (χ2n) is 7.73. The first-order valence-electron chi connectivity index (χ1n) is 10.6. The Kier molecular flexibility index (Phi) is 10.6. The van der Waals surface area contributed by atoms with E-state index in [1.165, 1.54) is 11.8 Å². The van der Waals surface area contributed by atoms with Crippen molar-refractivity contribution in [3.05, 3.63) is 35.4 Å². The highest BCUT2D eigenvalue weighted by atomic mass is 32.2. The lowest BCUT2D eigenvalue weighted by Gasteiger charge is -2.34. The molecular weight excluding hydrogens is 430 g/mol. The summed E-state index contributed by atoms with van der Waals surface area (Å²) in [5, 5.41) is 24.8. The Morgan fingerprint density at radius 1 is 1.41 bits per heavy atom. The summed E-state index contributed by atoms with van der Waals surface area (Å²) in [6, 6.07) is 7.34. The third-order valence-corrected chi connectivity index (χ3v) is 6.15. The predicted molar refractivity (Wildman–Crippen MR) is 123 cm³/mol. The highest BCUT2D eigenvalue weighted by Gasteiger charge is 2.36. The van der Waals surface area contributed by atoms with Crippen molar-refractivity contribution in [2.75, 3.05) is 31.6 Å². The zero-order valence-corrected chi connectivity index (χ0v) is 19.1. The summed E-state index contributed by atoms with van der Waals surface area (Å²) >= 11 is 1.50. The third-order valence-electron chi connectivity index (χ3n) is 5.51. The van der Waals surface area contributed by atoms with Crippen LogP contribution in [0.3, 0.4) is 0 Å². The molecule has 1 unspecified atom stereocenters. The van der Waals surface area contributed by atoms with Crippen LogP contribution in [-0.4, -0.2) is 77.4 Å². The topological polar surface area (TPSA) is 149 Å². The van der Waals surface area contributed by atoms with E-state index in [9.17, 15) is 24.8 Å². The van der Waals surface area contributed by atoms with Gasteiger partial charge in [0.25, 0.3) is 0 Å². The van der Waals surface area contributed by atoms with Crippen molar-refractivity contribution in [2.45, 2.75) is 43.9 Å². The first-order valence-corrected chi connectivity index (χ1v) is 12.0. The lowest BCUT2D eigenvalue weighted by atomic mass is 9.98. The van der Waals surface area contributed by atoms with E-state index in [1.54, 1.807) is 29.2 Å². The molecular formula is C22H31N5O4S. The minimum atomic E-state index is -1.10. The average molecular weight is 462 g/mol. The van der Waals surface area contributed by atoms with Gasteiger partial charge >= 0.3 is 5.97 Å². The number of carboxylic acid groups (broad SMARTS) is 1. The number of Topliss-reactive ketones (excluding diaryl/α,β-unsaturated/α-hetero) is 1. The maximum atomic E-state index is 12.9. The van der Waals surface area contributed by atoms with E-state index in [-0.39, 0.29) is 31.5 Å². The summed E-state index contributed by atoms with van der Waals surface area (Å²) in [6.45, 7) is 0.599. The van der Waals surface area contributed by atoms with Crippen LogP contribution in [0.2, 0.25) is 0 Å². The fraction of sp³-hybridized carbons (Fsp3) is 0.545. The number of carbonyl (C=O) groups excluding carboxylic acids is 2. The quantitative estimate of drug-likeness (QED) is 0.326. The maximum absolute atomic E-state index is 12.9. The molecule has 1 heterocycles. The van der Waals surface area contributed by atoms with Crippen LogP contribution in [0.5, 0.6) is 0 Å². The molecule has 0 radical (unpaired) electrons. The molecule has 1 fully saturated rings. The molecule has 9 nitrogen and oxygen atoms in total. The van der Waals surface area contributed by atoms with Gasteiger partial charge in [-0.1, -0.05) is 18.2 Å². The zero-order valence-electron chi connectivity index (χ0n) is 18.3. The van der Waals surface area contributed by atoms with Crippen molar-refractivity contribution >= 4 is 29.4 Å². The first-order chi connectivity index (χ1) is 15.4. The molecule has 3 atom stereocenters. The first kappa shape index (κ1) is 25.8. The van der Waals surface area contributed by atoms with Crippen molar-refractivity contribution in [3.8, 4) is 6.07 Å². The normalized spacial score (nSPS) is 17.5.